The van der Waals surface area contributed by atoms with Crippen molar-refractivity contribution < 1.29 is 20.4 Å². The van der Waals surface area contributed by atoms with Crippen LogP contribution in [0.3, 0.4) is 0 Å². The number of halogens is 1. The molecular weight excluding hydrogens is 602 g/mol. The Kier molecular flexibility index (Phi) is 21.3. The zero-order valence-electron chi connectivity index (χ0n) is 27.7. The fourth-order valence-corrected chi connectivity index (χ4v) is 6.63. The van der Waals surface area contributed by atoms with Gasteiger partial charge in [-0.15, -0.1) is 11.8 Å². The van der Waals surface area contributed by atoms with Gasteiger partial charge in [0, 0.05) is 22.7 Å². The van der Waals surface area contributed by atoms with Crippen molar-refractivity contribution in [1.82, 2.24) is 0 Å². The SMILES string of the molecule is C.C/C=C\c1c(C)cc(-c2cc(SC)c(N(C[C@H](C)C3CCCCC3)c3ccccc3)cc2Cl)cc1C(=O)O.CC.CC.OO. The lowest BCUT2D eigenvalue weighted by atomic mass is 9.80. The lowest BCUT2D eigenvalue weighted by Crippen LogP contribution is -2.29. The van der Waals surface area contributed by atoms with Gasteiger partial charge in [-0.2, -0.15) is 0 Å². The van der Waals surface area contributed by atoms with Gasteiger partial charge in [0.2, 0.25) is 0 Å². The average molecular weight is 658 g/mol. The van der Waals surface area contributed by atoms with Crippen LogP contribution in [0, 0.1) is 18.8 Å². The van der Waals surface area contributed by atoms with E-state index < -0.39 is 5.97 Å². The molecule has 45 heavy (non-hydrogen) atoms. The second-order valence-electron chi connectivity index (χ2n) is 10.4. The van der Waals surface area contributed by atoms with E-state index in [-0.39, 0.29) is 13.0 Å². The van der Waals surface area contributed by atoms with Crippen molar-refractivity contribution in [3.8, 4) is 11.1 Å². The maximum atomic E-state index is 12.1. The molecule has 0 heterocycles. The van der Waals surface area contributed by atoms with Crippen LogP contribution >= 0.6 is 23.4 Å². The first kappa shape index (κ1) is 42.2. The van der Waals surface area contributed by atoms with Gasteiger partial charge >= 0.3 is 5.97 Å². The van der Waals surface area contributed by atoms with Crippen molar-refractivity contribution in [2.45, 2.75) is 92.9 Å². The summed E-state index contributed by atoms with van der Waals surface area (Å²) in [5, 5.41) is 22.5. The highest BCUT2D eigenvalue weighted by Crippen LogP contribution is 2.43. The molecule has 0 aromatic heterocycles. The summed E-state index contributed by atoms with van der Waals surface area (Å²) >= 11 is 8.69. The third-order valence-corrected chi connectivity index (χ3v) is 8.89. The zero-order chi connectivity index (χ0) is 33.2. The van der Waals surface area contributed by atoms with E-state index in [1.165, 1.54) is 32.1 Å². The molecule has 0 spiro atoms. The maximum Gasteiger partial charge on any atom is 0.336 e. The number of rotatable bonds is 9. The number of carbonyl (C=O) groups is 1. The van der Waals surface area contributed by atoms with Gasteiger partial charge in [0.1, 0.15) is 0 Å². The van der Waals surface area contributed by atoms with Gasteiger partial charge in [-0.25, -0.2) is 4.79 Å². The average Bonchev–Trinajstić information content (AvgIpc) is 3.07. The molecule has 0 saturated heterocycles. The van der Waals surface area contributed by atoms with Crippen molar-refractivity contribution in [2.24, 2.45) is 11.8 Å². The molecule has 1 aliphatic rings. The summed E-state index contributed by atoms with van der Waals surface area (Å²) in [6.45, 7) is 15.2. The van der Waals surface area contributed by atoms with Crippen LogP contribution in [0.25, 0.3) is 17.2 Å². The van der Waals surface area contributed by atoms with E-state index >= 15 is 0 Å². The molecule has 3 aromatic rings. The second kappa shape index (κ2) is 22.7. The Hall–Kier alpha value is -2.77. The van der Waals surface area contributed by atoms with Crippen LogP contribution in [0.15, 0.2) is 65.6 Å². The normalized spacial score (nSPS) is 13.1. The number of para-hydroxylation sites is 1. The van der Waals surface area contributed by atoms with Crippen LogP contribution in [0.1, 0.15) is 103 Å². The predicted octanol–water partition coefficient (Wildman–Crippen LogP) is 12.8. The summed E-state index contributed by atoms with van der Waals surface area (Å²) in [6.07, 6.45) is 12.5. The molecule has 3 N–H and O–H groups in total. The van der Waals surface area contributed by atoms with Crippen molar-refractivity contribution in [1.29, 1.82) is 0 Å². The molecule has 1 atom stereocenters. The summed E-state index contributed by atoms with van der Waals surface area (Å²) < 4.78 is 0. The quantitative estimate of drug-likeness (QED) is 0.121. The molecular formula is C38H56ClNO4S. The minimum Gasteiger partial charge on any atom is -0.478 e. The number of carboxylic acids is 1. The third-order valence-electron chi connectivity index (χ3n) is 7.81. The molecule has 1 aliphatic carbocycles. The largest absolute Gasteiger partial charge is 0.478 e. The Labute approximate surface area is 282 Å². The summed E-state index contributed by atoms with van der Waals surface area (Å²) in [5.74, 6) is 0.368. The van der Waals surface area contributed by atoms with E-state index in [0.717, 1.165) is 51.0 Å². The number of hydrogen-bond donors (Lipinski definition) is 3. The van der Waals surface area contributed by atoms with Crippen LogP contribution in [0.5, 0.6) is 0 Å². The first-order valence-electron chi connectivity index (χ1n) is 15.7. The fourth-order valence-electron chi connectivity index (χ4n) is 5.75. The van der Waals surface area contributed by atoms with E-state index in [0.29, 0.717) is 10.9 Å². The summed E-state index contributed by atoms with van der Waals surface area (Å²) in [7, 11) is 0. The molecule has 3 aromatic carbocycles. The van der Waals surface area contributed by atoms with Crippen LogP contribution in [0.2, 0.25) is 5.02 Å². The van der Waals surface area contributed by atoms with Gasteiger partial charge < -0.3 is 10.0 Å². The van der Waals surface area contributed by atoms with Gasteiger partial charge in [0.05, 0.1) is 16.3 Å². The number of aryl methyl sites for hydroxylation is 1. The Morgan fingerprint density at radius 3 is 2.16 bits per heavy atom. The van der Waals surface area contributed by atoms with Gasteiger partial charge in [0.15, 0.2) is 0 Å². The van der Waals surface area contributed by atoms with E-state index in [4.69, 9.17) is 22.1 Å². The van der Waals surface area contributed by atoms with Crippen molar-refractivity contribution in [3.05, 3.63) is 82.4 Å². The van der Waals surface area contributed by atoms with Gasteiger partial charge in [-0.1, -0.05) is 122 Å². The zero-order valence-corrected chi connectivity index (χ0v) is 29.3. The van der Waals surface area contributed by atoms with Crippen LogP contribution in [-0.4, -0.2) is 34.4 Å². The van der Waals surface area contributed by atoms with E-state index in [9.17, 15) is 9.90 Å². The fraction of sp³-hybridized carbons (Fsp3) is 0.447. The van der Waals surface area contributed by atoms with E-state index in [2.05, 4.69) is 60.5 Å². The molecule has 0 aliphatic heterocycles. The van der Waals surface area contributed by atoms with Crippen LogP contribution in [0.4, 0.5) is 11.4 Å². The molecule has 0 bridgehead atoms. The summed E-state index contributed by atoms with van der Waals surface area (Å²) in [5.41, 5.74) is 5.86. The van der Waals surface area contributed by atoms with Crippen molar-refractivity contribution in [2.75, 3.05) is 17.7 Å². The second-order valence-corrected chi connectivity index (χ2v) is 11.6. The number of hydrogen-bond acceptors (Lipinski definition) is 5. The highest BCUT2D eigenvalue weighted by Gasteiger charge is 2.25. The minimum atomic E-state index is -0.937. The molecule has 250 valence electrons. The number of aromatic carboxylic acids is 1. The highest BCUT2D eigenvalue weighted by molar-refractivity contribution is 7.98. The standard InChI is InChI=1S/C33H38ClNO2S.2C2H6.CH4.H2O2/c1-5-12-27-22(2)17-25(18-29(27)33(36)37)28-19-32(38-4)31(20-30(28)34)35(26-15-10-7-11-16-26)21-23(3)24-13-8-6-9-14-24;2*1-2;;1-2/h5,7,10-12,15-20,23-24H,6,8-9,13-14,21H2,1-4H3,(H,36,37);2*1-2H3;1H4;1-2H/b12-5-;;;;/t23-;;;;/m0..../s1. The third kappa shape index (κ3) is 11.5. The molecule has 7 heteroatoms. The topological polar surface area (TPSA) is 81.0 Å². The Bertz CT molecular complexity index is 1310. The molecule has 0 radical (unpaired) electrons. The molecule has 0 unspecified atom stereocenters. The number of allylic oxidation sites excluding steroid dienone is 1. The number of anilines is 2. The number of benzene rings is 3. The molecule has 1 saturated carbocycles. The monoisotopic (exact) mass is 657 g/mol. The Morgan fingerprint density at radius 2 is 1.62 bits per heavy atom. The number of carboxylic acid groups (broad SMARTS) is 1. The van der Waals surface area contributed by atoms with Gasteiger partial charge in [-0.3, -0.25) is 10.5 Å². The molecule has 5 nitrogen and oxygen atoms in total. The van der Waals surface area contributed by atoms with Crippen LogP contribution < -0.4 is 4.90 Å². The van der Waals surface area contributed by atoms with Crippen LogP contribution in [-0.2, 0) is 0 Å². The lowest BCUT2D eigenvalue weighted by Gasteiger charge is -2.35. The predicted molar refractivity (Wildman–Crippen MR) is 199 cm³/mol. The summed E-state index contributed by atoms with van der Waals surface area (Å²) in [6, 6.07) is 18.5. The smallest absolute Gasteiger partial charge is 0.336 e. The molecule has 4 rings (SSSR count). The highest BCUT2D eigenvalue weighted by atomic mass is 35.5. The van der Waals surface area contributed by atoms with Crippen molar-refractivity contribution in [3.63, 3.8) is 0 Å². The minimum absolute atomic E-state index is 0. The van der Waals surface area contributed by atoms with Gasteiger partial charge in [0.25, 0.3) is 0 Å². The molecule has 0 amide bonds. The Balaban J connectivity index is 0.00000261. The molecule has 1 fully saturated rings. The summed E-state index contributed by atoms with van der Waals surface area (Å²) in [4.78, 5) is 15.6. The lowest BCUT2D eigenvalue weighted by molar-refractivity contribution is -0.176. The first-order valence-corrected chi connectivity index (χ1v) is 17.4. The Morgan fingerprint density at radius 1 is 1.02 bits per heavy atom. The first-order chi connectivity index (χ1) is 21.3. The maximum absolute atomic E-state index is 12.1. The van der Waals surface area contributed by atoms with E-state index in [1.54, 1.807) is 17.8 Å². The number of nitrogens with zero attached hydrogens (tertiary/aromatic N) is 1. The number of thioether (sulfide) groups is 1. The van der Waals surface area contributed by atoms with Crippen molar-refractivity contribution >= 4 is 46.8 Å². The van der Waals surface area contributed by atoms with Gasteiger partial charge in [-0.05, 0) is 79.0 Å². The van der Waals surface area contributed by atoms with E-state index in [1.807, 2.05) is 59.8 Å².